The molecule has 4 heteroatoms. The van der Waals surface area contributed by atoms with E-state index in [-0.39, 0.29) is 5.96 Å². The summed E-state index contributed by atoms with van der Waals surface area (Å²) in [5.41, 5.74) is 6.62. The lowest BCUT2D eigenvalue weighted by Crippen LogP contribution is -2.37. The molecule has 0 fully saturated rings. The van der Waals surface area contributed by atoms with Gasteiger partial charge >= 0.3 is 0 Å². The molecule has 0 atom stereocenters. The minimum absolute atomic E-state index is 0.101. The van der Waals surface area contributed by atoms with Crippen LogP contribution in [0.4, 0.5) is 5.69 Å². The number of fused-ring (bicyclic) bond motifs is 1. The third-order valence-electron chi connectivity index (χ3n) is 2.75. The summed E-state index contributed by atoms with van der Waals surface area (Å²) in [4.78, 5) is 1.77. The topological polar surface area (TPSA) is 61.8 Å². The molecule has 4 nitrogen and oxygen atoms in total. The van der Waals surface area contributed by atoms with Crippen LogP contribution in [0.1, 0.15) is 6.92 Å². The average Bonchev–Trinajstić information content (AvgIpc) is 2.39. The highest BCUT2D eigenvalue weighted by Gasteiger charge is 2.11. The summed E-state index contributed by atoms with van der Waals surface area (Å²) >= 11 is 0. The van der Waals surface area contributed by atoms with E-state index in [0.717, 1.165) is 16.5 Å². The zero-order chi connectivity index (χ0) is 12.3. The Balaban J connectivity index is 2.61. The molecule has 0 heterocycles. The van der Waals surface area contributed by atoms with E-state index in [0.29, 0.717) is 6.54 Å². The highest BCUT2D eigenvalue weighted by Crippen LogP contribution is 2.26. The Morgan fingerprint density at radius 2 is 1.94 bits per heavy atom. The summed E-state index contributed by atoms with van der Waals surface area (Å²) < 4.78 is 0. The first-order chi connectivity index (χ1) is 8.27. The molecule has 88 valence electrons. The number of nitrogens with zero attached hydrogens (tertiary/aromatic N) is 2. The number of rotatable bonds is 2. The number of oxime groups is 1. The van der Waals surface area contributed by atoms with Gasteiger partial charge in [0.25, 0.3) is 0 Å². The van der Waals surface area contributed by atoms with Gasteiger partial charge in [-0.05, 0) is 18.4 Å². The molecule has 0 saturated heterocycles. The molecule has 0 bridgehead atoms. The molecule has 0 spiro atoms. The van der Waals surface area contributed by atoms with E-state index in [9.17, 15) is 0 Å². The van der Waals surface area contributed by atoms with Crippen LogP contribution in [-0.2, 0) is 0 Å². The zero-order valence-corrected chi connectivity index (χ0v) is 9.67. The normalized spacial score (nSPS) is 11.7. The summed E-state index contributed by atoms with van der Waals surface area (Å²) in [6, 6.07) is 14.0. The summed E-state index contributed by atoms with van der Waals surface area (Å²) in [5.74, 6) is 0.101. The molecule has 0 saturated carbocycles. The zero-order valence-electron chi connectivity index (χ0n) is 9.67. The fraction of sp³-hybridized carbons (Fsp3) is 0.154. The minimum Gasteiger partial charge on any atom is -0.408 e. The molecule has 3 N–H and O–H groups in total. The number of hydrogen-bond acceptors (Lipinski definition) is 2. The van der Waals surface area contributed by atoms with Gasteiger partial charge in [-0.25, -0.2) is 0 Å². The second-order valence-corrected chi connectivity index (χ2v) is 3.70. The fourth-order valence-corrected chi connectivity index (χ4v) is 1.95. The van der Waals surface area contributed by atoms with E-state index in [1.807, 2.05) is 49.4 Å². The van der Waals surface area contributed by atoms with Crippen molar-refractivity contribution in [2.75, 3.05) is 11.4 Å². The summed E-state index contributed by atoms with van der Waals surface area (Å²) in [7, 11) is 0. The van der Waals surface area contributed by atoms with Gasteiger partial charge in [0.2, 0.25) is 5.96 Å². The SMILES string of the molecule is CCN(C(N)=NO)c1cccc2ccccc12. The van der Waals surface area contributed by atoms with Crippen LogP contribution < -0.4 is 10.6 Å². The van der Waals surface area contributed by atoms with Crippen molar-refractivity contribution in [2.24, 2.45) is 10.9 Å². The minimum atomic E-state index is 0.101. The molecule has 0 aliphatic rings. The second-order valence-electron chi connectivity index (χ2n) is 3.70. The highest BCUT2D eigenvalue weighted by molar-refractivity contribution is 6.04. The molecule has 0 unspecified atom stereocenters. The maximum absolute atomic E-state index is 8.79. The van der Waals surface area contributed by atoms with Crippen molar-refractivity contribution in [3.63, 3.8) is 0 Å². The summed E-state index contributed by atoms with van der Waals surface area (Å²) in [6.07, 6.45) is 0. The Labute approximate surface area is 100.0 Å². The van der Waals surface area contributed by atoms with Crippen LogP contribution in [0.2, 0.25) is 0 Å². The molecular weight excluding hydrogens is 214 g/mol. The van der Waals surface area contributed by atoms with Crippen molar-refractivity contribution in [3.05, 3.63) is 42.5 Å². The van der Waals surface area contributed by atoms with Gasteiger partial charge in [-0.1, -0.05) is 41.6 Å². The predicted molar refractivity (Wildman–Crippen MR) is 70.4 cm³/mol. The van der Waals surface area contributed by atoms with E-state index in [1.54, 1.807) is 4.90 Å². The molecule has 2 aromatic carbocycles. The van der Waals surface area contributed by atoms with Gasteiger partial charge in [0, 0.05) is 11.9 Å². The first-order valence-electron chi connectivity index (χ1n) is 5.50. The van der Waals surface area contributed by atoms with Gasteiger partial charge in [-0.2, -0.15) is 0 Å². The van der Waals surface area contributed by atoms with E-state index in [4.69, 9.17) is 10.9 Å². The smallest absolute Gasteiger partial charge is 0.237 e. The first kappa shape index (κ1) is 11.3. The summed E-state index contributed by atoms with van der Waals surface area (Å²) in [6.45, 7) is 2.60. The predicted octanol–water partition coefficient (Wildman–Crippen LogP) is 2.37. The molecule has 0 radical (unpaired) electrons. The molecule has 2 aromatic rings. The van der Waals surface area contributed by atoms with Crippen molar-refractivity contribution >= 4 is 22.4 Å². The summed E-state index contributed by atoms with van der Waals surface area (Å²) in [5, 5.41) is 14.1. The van der Waals surface area contributed by atoms with Crippen molar-refractivity contribution in [2.45, 2.75) is 6.92 Å². The molecule has 0 aliphatic heterocycles. The number of hydrogen-bond donors (Lipinski definition) is 2. The van der Waals surface area contributed by atoms with Gasteiger partial charge in [-0.3, -0.25) is 0 Å². The van der Waals surface area contributed by atoms with E-state index >= 15 is 0 Å². The van der Waals surface area contributed by atoms with Gasteiger partial charge in [0.1, 0.15) is 0 Å². The highest BCUT2D eigenvalue weighted by atomic mass is 16.4. The number of benzene rings is 2. The molecule has 0 amide bonds. The quantitative estimate of drug-likeness (QED) is 0.359. The van der Waals surface area contributed by atoms with Crippen LogP contribution in [0.15, 0.2) is 47.6 Å². The Kier molecular flexibility index (Phi) is 3.14. The molecular formula is C13H15N3O. The lowest BCUT2D eigenvalue weighted by molar-refractivity contribution is 0.317. The van der Waals surface area contributed by atoms with Crippen LogP contribution in [0, 0.1) is 0 Å². The third-order valence-corrected chi connectivity index (χ3v) is 2.75. The largest absolute Gasteiger partial charge is 0.408 e. The van der Waals surface area contributed by atoms with Crippen molar-refractivity contribution in [1.29, 1.82) is 0 Å². The molecule has 17 heavy (non-hydrogen) atoms. The van der Waals surface area contributed by atoms with Crippen LogP contribution in [-0.4, -0.2) is 17.7 Å². The van der Waals surface area contributed by atoms with Gasteiger partial charge in [0.05, 0.1) is 5.69 Å². The molecule has 0 aliphatic carbocycles. The monoisotopic (exact) mass is 229 g/mol. The van der Waals surface area contributed by atoms with Crippen LogP contribution in [0.3, 0.4) is 0 Å². The lowest BCUT2D eigenvalue weighted by Gasteiger charge is -2.22. The maximum Gasteiger partial charge on any atom is 0.237 e. The lowest BCUT2D eigenvalue weighted by atomic mass is 10.1. The number of anilines is 1. The van der Waals surface area contributed by atoms with E-state index < -0.39 is 0 Å². The van der Waals surface area contributed by atoms with E-state index in [2.05, 4.69) is 5.16 Å². The standard InChI is InChI=1S/C13H15N3O/c1-2-16(13(14)15-17)12-9-5-7-10-6-3-4-8-11(10)12/h3-9,17H,2H2,1H3,(H2,14,15). The van der Waals surface area contributed by atoms with Crippen molar-refractivity contribution < 1.29 is 5.21 Å². The first-order valence-corrected chi connectivity index (χ1v) is 5.50. The van der Waals surface area contributed by atoms with Gasteiger partial charge in [-0.15, -0.1) is 0 Å². The number of nitrogens with two attached hydrogens (primary N) is 1. The van der Waals surface area contributed by atoms with Crippen molar-refractivity contribution in [3.8, 4) is 0 Å². The molecule has 0 aromatic heterocycles. The van der Waals surface area contributed by atoms with Gasteiger partial charge < -0.3 is 15.8 Å². The fourth-order valence-electron chi connectivity index (χ4n) is 1.95. The molecule has 2 rings (SSSR count). The van der Waals surface area contributed by atoms with Crippen LogP contribution in [0.25, 0.3) is 10.8 Å². The van der Waals surface area contributed by atoms with Gasteiger partial charge in [0.15, 0.2) is 0 Å². The Morgan fingerprint density at radius 1 is 1.24 bits per heavy atom. The van der Waals surface area contributed by atoms with Crippen molar-refractivity contribution in [1.82, 2.24) is 0 Å². The maximum atomic E-state index is 8.79. The third kappa shape index (κ3) is 2.01. The number of guanidine groups is 1. The average molecular weight is 229 g/mol. The Morgan fingerprint density at radius 3 is 2.65 bits per heavy atom. The Hall–Kier alpha value is -2.23. The Bertz CT molecular complexity index is 546. The van der Waals surface area contributed by atoms with Crippen LogP contribution >= 0.6 is 0 Å². The second kappa shape index (κ2) is 4.74. The van der Waals surface area contributed by atoms with Crippen LogP contribution in [0.5, 0.6) is 0 Å². The van der Waals surface area contributed by atoms with E-state index in [1.165, 1.54) is 0 Å².